The van der Waals surface area contributed by atoms with Gasteiger partial charge >= 0.3 is 5.69 Å². The van der Waals surface area contributed by atoms with Crippen molar-refractivity contribution < 1.29 is 4.74 Å². The van der Waals surface area contributed by atoms with E-state index in [1.54, 1.807) is 17.8 Å². The largest absolute Gasteiger partial charge is 0.381 e. The summed E-state index contributed by atoms with van der Waals surface area (Å²) in [6.45, 7) is 4.40. The van der Waals surface area contributed by atoms with Crippen molar-refractivity contribution in [1.29, 1.82) is 0 Å². The second kappa shape index (κ2) is 6.91. The second-order valence-electron chi connectivity index (χ2n) is 8.52. The number of anilines is 2. The number of nitrogens with zero attached hydrogens (tertiary/aromatic N) is 6. The fraction of sp³-hybridized carbons (Fsp3) is 0.455. The van der Waals surface area contributed by atoms with E-state index in [2.05, 4.69) is 33.9 Å². The molecule has 0 saturated carbocycles. The molecule has 3 aromatic heterocycles. The van der Waals surface area contributed by atoms with Crippen LogP contribution in [-0.2, 0) is 24.8 Å². The molecule has 2 aliphatic heterocycles. The van der Waals surface area contributed by atoms with Crippen LogP contribution in [0.25, 0.3) is 22.2 Å². The molecule has 9 nitrogen and oxygen atoms in total. The molecule has 1 N–H and O–H groups in total. The van der Waals surface area contributed by atoms with Gasteiger partial charge in [-0.05, 0) is 43.9 Å². The Morgan fingerprint density at radius 1 is 1.16 bits per heavy atom. The standard InChI is InChI=1S/C22H25N7O2/c1-13-10-16-17(28-7-3-4-19(28)24-16)11-15(13)25-21-23-12-18-20(26-21)29(22(30)27(18)2)14-5-8-31-9-6-14/h10-12,14H,3-9H2,1-2H3,(H,23,25,26). The van der Waals surface area contributed by atoms with Crippen molar-refractivity contribution in [3.05, 3.63) is 40.2 Å². The zero-order valence-corrected chi connectivity index (χ0v) is 17.8. The van der Waals surface area contributed by atoms with Crippen molar-refractivity contribution in [2.45, 2.75) is 45.2 Å². The van der Waals surface area contributed by atoms with Crippen LogP contribution in [0.5, 0.6) is 0 Å². The molecule has 0 radical (unpaired) electrons. The third-order valence-electron chi connectivity index (χ3n) is 6.59. The van der Waals surface area contributed by atoms with E-state index in [0.29, 0.717) is 24.8 Å². The van der Waals surface area contributed by atoms with E-state index in [9.17, 15) is 4.79 Å². The fourth-order valence-electron chi connectivity index (χ4n) is 4.88. The molecule has 31 heavy (non-hydrogen) atoms. The van der Waals surface area contributed by atoms with E-state index in [4.69, 9.17) is 14.7 Å². The van der Waals surface area contributed by atoms with Crippen LogP contribution >= 0.6 is 0 Å². The number of hydrogen-bond donors (Lipinski definition) is 1. The molecule has 9 heteroatoms. The third kappa shape index (κ3) is 2.87. The molecule has 0 atom stereocenters. The molecular formula is C22H25N7O2. The maximum atomic E-state index is 12.9. The molecule has 1 aromatic carbocycles. The predicted molar refractivity (Wildman–Crippen MR) is 118 cm³/mol. The Kier molecular flexibility index (Phi) is 4.14. The number of rotatable bonds is 3. The molecule has 0 amide bonds. The first-order valence-electron chi connectivity index (χ1n) is 10.9. The second-order valence-corrected chi connectivity index (χ2v) is 8.52. The van der Waals surface area contributed by atoms with Gasteiger partial charge in [0.05, 0.1) is 17.2 Å². The Balaban J connectivity index is 1.42. The summed E-state index contributed by atoms with van der Waals surface area (Å²) in [7, 11) is 1.77. The van der Waals surface area contributed by atoms with E-state index in [1.807, 2.05) is 4.57 Å². The van der Waals surface area contributed by atoms with Crippen LogP contribution in [0, 0.1) is 6.92 Å². The number of aryl methyl sites for hydroxylation is 4. The molecule has 160 valence electrons. The van der Waals surface area contributed by atoms with Crippen molar-refractivity contribution in [2.24, 2.45) is 7.05 Å². The van der Waals surface area contributed by atoms with Crippen molar-refractivity contribution in [3.63, 3.8) is 0 Å². The van der Waals surface area contributed by atoms with Crippen molar-refractivity contribution in [2.75, 3.05) is 18.5 Å². The Morgan fingerprint density at radius 3 is 2.84 bits per heavy atom. The van der Waals surface area contributed by atoms with Crippen LogP contribution in [0.4, 0.5) is 11.6 Å². The van der Waals surface area contributed by atoms with Crippen molar-refractivity contribution in [1.82, 2.24) is 28.7 Å². The molecule has 0 unspecified atom stereocenters. The molecule has 5 heterocycles. The van der Waals surface area contributed by atoms with Gasteiger partial charge in [-0.1, -0.05) is 0 Å². The summed E-state index contributed by atoms with van der Waals surface area (Å²) in [4.78, 5) is 27.0. The SMILES string of the molecule is Cc1cc2nc3n(c2cc1Nc1ncc2c(n1)n(C1CCOCC1)c(=O)n2C)CCC3. The molecule has 4 aromatic rings. The lowest BCUT2D eigenvalue weighted by molar-refractivity contribution is 0.0695. The molecule has 0 aliphatic carbocycles. The summed E-state index contributed by atoms with van der Waals surface area (Å²) in [6, 6.07) is 4.35. The zero-order valence-electron chi connectivity index (χ0n) is 17.8. The highest BCUT2D eigenvalue weighted by Gasteiger charge is 2.23. The quantitative estimate of drug-likeness (QED) is 0.549. The lowest BCUT2D eigenvalue weighted by Gasteiger charge is -2.22. The van der Waals surface area contributed by atoms with E-state index in [-0.39, 0.29) is 11.7 Å². The Bertz CT molecular complexity index is 1370. The van der Waals surface area contributed by atoms with E-state index >= 15 is 0 Å². The van der Waals surface area contributed by atoms with Crippen molar-refractivity contribution in [3.8, 4) is 0 Å². The predicted octanol–water partition coefficient (Wildman–Crippen LogP) is 2.83. The monoisotopic (exact) mass is 419 g/mol. The fourth-order valence-corrected chi connectivity index (χ4v) is 4.88. The number of fused-ring (bicyclic) bond motifs is 4. The Labute approximate surface area is 178 Å². The van der Waals surface area contributed by atoms with Gasteiger partial charge in [-0.2, -0.15) is 4.98 Å². The maximum absolute atomic E-state index is 12.9. The molecule has 0 bridgehead atoms. The average Bonchev–Trinajstić information content (AvgIpc) is 3.42. The highest BCUT2D eigenvalue weighted by Crippen LogP contribution is 2.30. The highest BCUT2D eigenvalue weighted by molar-refractivity contribution is 5.83. The number of imidazole rings is 2. The van der Waals surface area contributed by atoms with Gasteiger partial charge in [0.1, 0.15) is 11.3 Å². The smallest absolute Gasteiger partial charge is 0.330 e. The van der Waals surface area contributed by atoms with Gasteiger partial charge in [-0.25, -0.2) is 14.8 Å². The minimum atomic E-state index is -0.0548. The van der Waals surface area contributed by atoms with Gasteiger partial charge in [-0.15, -0.1) is 0 Å². The van der Waals surface area contributed by atoms with E-state index in [1.165, 1.54) is 0 Å². The number of aromatic nitrogens is 6. The number of hydrogen-bond acceptors (Lipinski definition) is 6. The normalized spacial score (nSPS) is 17.0. The third-order valence-corrected chi connectivity index (χ3v) is 6.59. The number of ether oxygens (including phenoxy) is 1. The van der Waals surface area contributed by atoms with Gasteiger partial charge in [0.15, 0.2) is 5.65 Å². The van der Waals surface area contributed by atoms with Crippen LogP contribution in [0.15, 0.2) is 23.1 Å². The Morgan fingerprint density at radius 2 is 2.00 bits per heavy atom. The molecular weight excluding hydrogens is 394 g/mol. The molecule has 0 spiro atoms. The van der Waals surface area contributed by atoms with Gasteiger partial charge < -0.3 is 14.6 Å². The van der Waals surface area contributed by atoms with Crippen LogP contribution in [0.2, 0.25) is 0 Å². The van der Waals surface area contributed by atoms with Crippen LogP contribution < -0.4 is 11.0 Å². The van der Waals surface area contributed by atoms with Gasteiger partial charge in [0.25, 0.3) is 0 Å². The number of benzene rings is 1. The van der Waals surface area contributed by atoms with Crippen LogP contribution in [-0.4, -0.2) is 41.9 Å². The summed E-state index contributed by atoms with van der Waals surface area (Å²) < 4.78 is 11.2. The molecule has 2 aliphatic rings. The molecule has 1 fully saturated rings. The minimum Gasteiger partial charge on any atom is -0.381 e. The average molecular weight is 419 g/mol. The van der Waals surface area contributed by atoms with Crippen LogP contribution in [0.3, 0.4) is 0 Å². The molecule has 6 rings (SSSR count). The summed E-state index contributed by atoms with van der Waals surface area (Å²) in [6.07, 6.45) is 5.54. The first kappa shape index (κ1) is 18.6. The molecule has 1 saturated heterocycles. The summed E-state index contributed by atoms with van der Waals surface area (Å²) in [5.41, 5.74) is 5.57. The summed E-state index contributed by atoms with van der Waals surface area (Å²) in [5, 5.41) is 3.38. The Hall–Kier alpha value is -3.20. The zero-order chi connectivity index (χ0) is 21.1. The highest BCUT2D eigenvalue weighted by atomic mass is 16.5. The van der Waals surface area contributed by atoms with Gasteiger partial charge in [0.2, 0.25) is 5.95 Å². The lowest BCUT2D eigenvalue weighted by atomic mass is 10.1. The van der Waals surface area contributed by atoms with Gasteiger partial charge in [-0.3, -0.25) is 9.13 Å². The summed E-state index contributed by atoms with van der Waals surface area (Å²) >= 11 is 0. The van der Waals surface area contributed by atoms with Crippen molar-refractivity contribution >= 4 is 33.8 Å². The lowest BCUT2D eigenvalue weighted by Crippen LogP contribution is -2.30. The van der Waals surface area contributed by atoms with Crippen LogP contribution in [0.1, 0.15) is 36.7 Å². The summed E-state index contributed by atoms with van der Waals surface area (Å²) in [5.74, 6) is 1.65. The van der Waals surface area contributed by atoms with E-state index < -0.39 is 0 Å². The first-order valence-corrected chi connectivity index (χ1v) is 10.9. The first-order chi connectivity index (χ1) is 15.1. The van der Waals surface area contributed by atoms with E-state index in [0.717, 1.165) is 65.9 Å². The number of nitrogens with one attached hydrogen (secondary N) is 1. The minimum absolute atomic E-state index is 0.0548. The maximum Gasteiger partial charge on any atom is 0.330 e. The van der Waals surface area contributed by atoms with Gasteiger partial charge in [0, 0.05) is 45.0 Å². The topological polar surface area (TPSA) is 91.8 Å².